The van der Waals surface area contributed by atoms with E-state index in [1.807, 2.05) is 12.1 Å². The lowest BCUT2D eigenvalue weighted by atomic mass is 9.55. The molecule has 2 amide bonds. The summed E-state index contributed by atoms with van der Waals surface area (Å²) in [5.74, 6) is -0.369. The van der Waals surface area contributed by atoms with Gasteiger partial charge in [-0.25, -0.2) is 22.3 Å². The van der Waals surface area contributed by atoms with Crippen LogP contribution in [-0.4, -0.2) is 36.2 Å². The summed E-state index contributed by atoms with van der Waals surface area (Å²) in [7, 11) is -3.45. The second-order valence-corrected chi connectivity index (χ2v) is 13.4. The number of nitrogens with two attached hydrogens (primary N) is 1. The van der Waals surface area contributed by atoms with Gasteiger partial charge in [0.2, 0.25) is 10.0 Å². The van der Waals surface area contributed by atoms with Crippen LogP contribution in [0.15, 0.2) is 42.5 Å². The molecular formula is C27H35FN4O3S. The van der Waals surface area contributed by atoms with Crippen molar-refractivity contribution in [1.29, 1.82) is 0 Å². The van der Waals surface area contributed by atoms with Crippen LogP contribution in [0.4, 0.5) is 14.9 Å². The Kier molecular flexibility index (Phi) is 6.16. The quantitative estimate of drug-likeness (QED) is 0.532. The average molecular weight is 515 g/mol. The van der Waals surface area contributed by atoms with Gasteiger partial charge in [0.1, 0.15) is 5.82 Å². The number of nitrogens with one attached hydrogen (secondary N) is 2. The lowest BCUT2D eigenvalue weighted by Gasteiger charge is -2.54. The third-order valence-electron chi connectivity index (χ3n) is 8.11. The molecular weight excluding hydrogens is 479 g/mol. The van der Waals surface area contributed by atoms with Crippen molar-refractivity contribution in [3.8, 4) is 0 Å². The SMILES string of the molecule is CC(C)(N)CS(=O)(=O)NC12CCC(c3ccc(NC(=O)N4Cc5ccc(F)cc5C4)cc3)(CC1)CC2. The topological polar surface area (TPSA) is 105 Å². The van der Waals surface area contributed by atoms with Crippen molar-refractivity contribution in [3.05, 3.63) is 65.0 Å². The number of carbonyl (C=O) groups is 1. The molecule has 4 N–H and O–H groups in total. The highest BCUT2D eigenvalue weighted by Gasteiger charge is 2.50. The van der Waals surface area contributed by atoms with E-state index in [2.05, 4.69) is 22.2 Å². The van der Waals surface area contributed by atoms with Gasteiger partial charge in [-0.05, 0) is 98.7 Å². The van der Waals surface area contributed by atoms with Crippen LogP contribution >= 0.6 is 0 Å². The summed E-state index contributed by atoms with van der Waals surface area (Å²) in [6, 6.07) is 12.5. The van der Waals surface area contributed by atoms with Crippen LogP contribution in [0.3, 0.4) is 0 Å². The first-order valence-electron chi connectivity index (χ1n) is 12.6. The van der Waals surface area contributed by atoms with E-state index in [1.54, 1.807) is 24.8 Å². The van der Waals surface area contributed by atoms with Crippen LogP contribution in [0.5, 0.6) is 0 Å². The number of benzene rings is 2. The number of hydrogen-bond donors (Lipinski definition) is 3. The number of urea groups is 1. The first-order valence-corrected chi connectivity index (χ1v) is 14.3. The summed E-state index contributed by atoms with van der Waals surface area (Å²) in [4.78, 5) is 14.4. The molecule has 6 rings (SSSR count). The summed E-state index contributed by atoms with van der Waals surface area (Å²) >= 11 is 0. The highest BCUT2D eigenvalue weighted by atomic mass is 32.2. The molecule has 2 bridgehead atoms. The second-order valence-electron chi connectivity index (χ2n) is 11.7. The number of sulfonamides is 1. The largest absolute Gasteiger partial charge is 0.325 e. The van der Waals surface area contributed by atoms with Gasteiger partial charge in [0.25, 0.3) is 0 Å². The lowest BCUT2D eigenvalue weighted by Crippen LogP contribution is -2.59. The molecule has 3 saturated carbocycles. The van der Waals surface area contributed by atoms with Crippen LogP contribution in [0, 0.1) is 5.82 Å². The van der Waals surface area contributed by atoms with Crippen LogP contribution in [0.2, 0.25) is 0 Å². The van der Waals surface area contributed by atoms with Gasteiger partial charge in [-0.3, -0.25) is 0 Å². The van der Waals surface area contributed by atoms with E-state index in [1.165, 1.54) is 17.7 Å². The minimum atomic E-state index is -3.45. The molecule has 3 fully saturated rings. The Morgan fingerprint density at radius 1 is 1.00 bits per heavy atom. The molecule has 3 aliphatic carbocycles. The molecule has 4 aliphatic rings. The van der Waals surface area contributed by atoms with E-state index in [9.17, 15) is 17.6 Å². The Balaban J connectivity index is 1.20. The number of anilines is 1. The predicted octanol–water partition coefficient (Wildman–Crippen LogP) is 4.37. The van der Waals surface area contributed by atoms with Gasteiger partial charge in [0.05, 0.1) is 5.75 Å². The van der Waals surface area contributed by atoms with Crippen molar-refractivity contribution >= 4 is 21.7 Å². The molecule has 1 aliphatic heterocycles. The first kappa shape index (κ1) is 25.2. The van der Waals surface area contributed by atoms with Gasteiger partial charge in [0, 0.05) is 29.9 Å². The Morgan fingerprint density at radius 2 is 1.61 bits per heavy atom. The monoisotopic (exact) mass is 514 g/mol. The molecule has 9 heteroatoms. The lowest BCUT2D eigenvalue weighted by molar-refractivity contribution is 0.0946. The highest BCUT2D eigenvalue weighted by molar-refractivity contribution is 7.89. The average Bonchev–Trinajstić information content (AvgIpc) is 3.22. The predicted molar refractivity (Wildman–Crippen MR) is 138 cm³/mol. The zero-order valence-corrected chi connectivity index (χ0v) is 21.8. The Morgan fingerprint density at radius 3 is 2.22 bits per heavy atom. The van der Waals surface area contributed by atoms with E-state index < -0.39 is 15.6 Å². The van der Waals surface area contributed by atoms with E-state index in [4.69, 9.17) is 5.73 Å². The van der Waals surface area contributed by atoms with Crippen molar-refractivity contribution in [2.75, 3.05) is 11.1 Å². The number of amides is 2. The molecule has 0 spiro atoms. The third-order valence-corrected chi connectivity index (χ3v) is 9.97. The summed E-state index contributed by atoms with van der Waals surface area (Å²) in [6.45, 7) is 4.33. The molecule has 0 radical (unpaired) electrons. The second kappa shape index (κ2) is 8.82. The van der Waals surface area contributed by atoms with Crippen molar-refractivity contribution < 1.29 is 17.6 Å². The van der Waals surface area contributed by atoms with Crippen LogP contribution < -0.4 is 15.8 Å². The Bertz CT molecular complexity index is 1250. The molecule has 194 valence electrons. The minimum absolute atomic E-state index is 0.0452. The zero-order valence-electron chi connectivity index (χ0n) is 20.9. The van der Waals surface area contributed by atoms with Gasteiger partial charge in [0.15, 0.2) is 0 Å². The minimum Gasteiger partial charge on any atom is -0.325 e. The summed E-state index contributed by atoms with van der Waals surface area (Å²) in [5, 5.41) is 2.96. The smallest absolute Gasteiger partial charge is 0.322 e. The van der Waals surface area contributed by atoms with Gasteiger partial charge in [-0.2, -0.15) is 0 Å². The van der Waals surface area contributed by atoms with Gasteiger partial charge in [-0.15, -0.1) is 0 Å². The molecule has 0 atom stereocenters. The fourth-order valence-corrected chi connectivity index (χ4v) is 8.26. The number of carbonyl (C=O) groups excluding carboxylic acids is 1. The number of rotatable bonds is 6. The number of fused-ring (bicyclic) bond motifs is 4. The zero-order chi connectivity index (χ0) is 25.8. The van der Waals surface area contributed by atoms with E-state index in [0.29, 0.717) is 13.1 Å². The van der Waals surface area contributed by atoms with Gasteiger partial charge < -0.3 is 16.0 Å². The molecule has 2 aromatic carbocycles. The summed E-state index contributed by atoms with van der Waals surface area (Å²) < 4.78 is 41.9. The fraction of sp³-hybridized carbons (Fsp3) is 0.519. The maximum absolute atomic E-state index is 13.5. The maximum Gasteiger partial charge on any atom is 0.322 e. The van der Waals surface area contributed by atoms with Gasteiger partial charge >= 0.3 is 6.03 Å². The van der Waals surface area contributed by atoms with Crippen molar-refractivity contribution in [3.63, 3.8) is 0 Å². The van der Waals surface area contributed by atoms with E-state index in [0.717, 1.165) is 55.3 Å². The molecule has 0 unspecified atom stereocenters. The standard InChI is InChI=1S/C27H35FN4O3S/c1-25(2,29)18-36(34,35)31-27-12-9-26(10-13-27,11-14-27)21-4-7-23(8-5-21)30-24(33)32-16-19-3-6-22(28)15-20(19)17-32/h3-8,15,31H,9-14,16-18,29H2,1-2H3,(H,30,33). The molecule has 1 heterocycles. The number of halogens is 1. The highest BCUT2D eigenvalue weighted by Crippen LogP contribution is 2.54. The number of hydrogen-bond acceptors (Lipinski definition) is 4. The van der Waals surface area contributed by atoms with Crippen LogP contribution in [0.1, 0.15) is 69.1 Å². The van der Waals surface area contributed by atoms with Crippen molar-refractivity contribution in [2.45, 2.75) is 82.0 Å². The Hall–Kier alpha value is -2.49. The van der Waals surface area contributed by atoms with E-state index >= 15 is 0 Å². The normalized spacial score (nSPS) is 25.6. The third kappa shape index (κ3) is 5.14. The summed E-state index contributed by atoms with van der Waals surface area (Å²) in [5.41, 5.74) is 8.65. The first-order chi connectivity index (χ1) is 16.9. The van der Waals surface area contributed by atoms with Crippen molar-refractivity contribution in [2.24, 2.45) is 5.73 Å². The summed E-state index contributed by atoms with van der Waals surface area (Å²) in [6.07, 6.45) is 5.21. The number of nitrogens with zero attached hydrogens (tertiary/aromatic N) is 1. The van der Waals surface area contributed by atoms with Crippen LogP contribution in [0.25, 0.3) is 0 Å². The molecule has 7 nitrogen and oxygen atoms in total. The maximum atomic E-state index is 13.5. The van der Waals surface area contributed by atoms with Gasteiger partial charge in [-0.1, -0.05) is 18.2 Å². The molecule has 0 aromatic heterocycles. The molecule has 36 heavy (non-hydrogen) atoms. The van der Waals surface area contributed by atoms with E-state index in [-0.39, 0.29) is 28.6 Å². The van der Waals surface area contributed by atoms with Crippen molar-refractivity contribution in [1.82, 2.24) is 9.62 Å². The Labute approximate surface area is 212 Å². The molecule has 2 aromatic rings. The molecule has 0 saturated heterocycles. The fourth-order valence-electron chi connectivity index (χ4n) is 6.24. The van der Waals surface area contributed by atoms with Crippen LogP contribution in [-0.2, 0) is 28.5 Å².